The zero-order chi connectivity index (χ0) is 18.1. The van der Waals surface area contributed by atoms with Crippen LogP contribution in [0.4, 0.5) is 4.79 Å². The van der Waals surface area contributed by atoms with Crippen LogP contribution in [0.5, 0.6) is 0 Å². The SMILES string of the molecule is CCOC(=O)OC[C@H]1[C@H](CO)NC(=O)[C@@H]1CCOCc1ccccc1. The second kappa shape index (κ2) is 10.0. The predicted octanol–water partition coefficient (Wildman–Crippen LogP) is 1.49. The molecule has 2 rings (SSSR count). The number of amides is 1. The lowest BCUT2D eigenvalue weighted by molar-refractivity contribution is -0.124. The molecule has 0 bridgehead atoms. The molecule has 2 N–H and O–H groups in total. The number of aliphatic hydroxyl groups excluding tert-OH is 1. The van der Waals surface area contributed by atoms with Gasteiger partial charge in [0, 0.05) is 18.4 Å². The number of aliphatic hydroxyl groups is 1. The standard InChI is InChI=1S/C18H25NO6/c1-2-24-18(22)25-12-15-14(17(21)19-16(15)10-20)8-9-23-11-13-6-4-3-5-7-13/h3-7,14-16,20H,2,8-12H2,1H3,(H,19,21)/t14-,15-,16+/m1/s1. The molecule has 1 aromatic carbocycles. The molecule has 138 valence electrons. The van der Waals surface area contributed by atoms with Crippen molar-refractivity contribution in [3.63, 3.8) is 0 Å². The minimum absolute atomic E-state index is 0.0200. The van der Waals surface area contributed by atoms with E-state index in [0.29, 0.717) is 19.6 Å². The molecule has 0 radical (unpaired) electrons. The van der Waals surface area contributed by atoms with Gasteiger partial charge in [0.05, 0.1) is 25.9 Å². The van der Waals surface area contributed by atoms with Crippen LogP contribution < -0.4 is 5.32 Å². The molecule has 0 aromatic heterocycles. The molecule has 0 aliphatic carbocycles. The van der Waals surface area contributed by atoms with Gasteiger partial charge in [-0.1, -0.05) is 30.3 Å². The van der Waals surface area contributed by atoms with Gasteiger partial charge in [0.1, 0.15) is 6.61 Å². The smallest absolute Gasteiger partial charge is 0.435 e. The highest BCUT2D eigenvalue weighted by molar-refractivity contribution is 5.82. The first kappa shape index (κ1) is 19.2. The lowest BCUT2D eigenvalue weighted by Gasteiger charge is -2.20. The molecular formula is C18H25NO6. The molecule has 1 saturated heterocycles. The van der Waals surface area contributed by atoms with Gasteiger partial charge in [-0.25, -0.2) is 4.79 Å². The summed E-state index contributed by atoms with van der Waals surface area (Å²) in [5.41, 5.74) is 1.06. The van der Waals surface area contributed by atoms with E-state index in [1.54, 1.807) is 6.92 Å². The normalized spacial score (nSPS) is 22.5. The summed E-state index contributed by atoms with van der Waals surface area (Å²) in [5.74, 6) is -0.829. The van der Waals surface area contributed by atoms with Crippen LogP contribution in [0.25, 0.3) is 0 Å². The first-order valence-electron chi connectivity index (χ1n) is 8.48. The third-order valence-electron chi connectivity index (χ3n) is 4.24. The number of rotatable bonds is 9. The highest BCUT2D eigenvalue weighted by Crippen LogP contribution is 2.27. The molecule has 7 nitrogen and oxygen atoms in total. The van der Waals surface area contributed by atoms with E-state index in [1.807, 2.05) is 30.3 Å². The number of hydrogen-bond acceptors (Lipinski definition) is 6. The Labute approximate surface area is 147 Å². The Morgan fingerprint density at radius 2 is 2.00 bits per heavy atom. The summed E-state index contributed by atoms with van der Waals surface area (Å²) in [5, 5.41) is 12.2. The Balaban J connectivity index is 1.82. The van der Waals surface area contributed by atoms with Gasteiger partial charge in [-0.05, 0) is 18.9 Å². The van der Waals surface area contributed by atoms with E-state index in [2.05, 4.69) is 5.32 Å². The van der Waals surface area contributed by atoms with Crippen LogP contribution in [0.2, 0.25) is 0 Å². The molecule has 1 amide bonds. The lowest BCUT2D eigenvalue weighted by Crippen LogP contribution is -2.35. The molecule has 1 heterocycles. The molecule has 25 heavy (non-hydrogen) atoms. The van der Waals surface area contributed by atoms with Gasteiger partial charge in [-0.2, -0.15) is 0 Å². The van der Waals surface area contributed by atoms with Crippen molar-refractivity contribution < 1.29 is 28.9 Å². The van der Waals surface area contributed by atoms with Crippen LogP contribution in [0.1, 0.15) is 18.9 Å². The quantitative estimate of drug-likeness (QED) is 0.517. The molecule has 0 unspecified atom stereocenters. The molecule has 3 atom stereocenters. The highest BCUT2D eigenvalue weighted by Gasteiger charge is 2.42. The van der Waals surface area contributed by atoms with E-state index in [9.17, 15) is 14.7 Å². The molecule has 1 aromatic rings. The van der Waals surface area contributed by atoms with Crippen LogP contribution in [0.3, 0.4) is 0 Å². The number of hydrogen-bond donors (Lipinski definition) is 2. The van der Waals surface area contributed by atoms with Crippen LogP contribution in [-0.4, -0.2) is 49.6 Å². The van der Waals surface area contributed by atoms with E-state index in [1.165, 1.54) is 0 Å². The van der Waals surface area contributed by atoms with Gasteiger partial charge in [-0.3, -0.25) is 4.79 Å². The van der Waals surface area contributed by atoms with Gasteiger partial charge in [-0.15, -0.1) is 0 Å². The largest absolute Gasteiger partial charge is 0.508 e. The summed E-state index contributed by atoms with van der Waals surface area (Å²) in [6.45, 7) is 2.60. The minimum atomic E-state index is -0.766. The second-order valence-electron chi connectivity index (χ2n) is 5.89. The van der Waals surface area contributed by atoms with Gasteiger partial charge in [0.15, 0.2) is 0 Å². The summed E-state index contributed by atoms with van der Waals surface area (Å²) in [4.78, 5) is 23.5. The maximum absolute atomic E-state index is 12.1. The summed E-state index contributed by atoms with van der Waals surface area (Å²) >= 11 is 0. The number of carbonyl (C=O) groups excluding carboxylic acids is 2. The first-order valence-corrected chi connectivity index (χ1v) is 8.48. The highest BCUT2D eigenvalue weighted by atomic mass is 16.7. The average Bonchev–Trinajstić information content (AvgIpc) is 2.93. The van der Waals surface area contributed by atoms with Crippen LogP contribution >= 0.6 is 0 Å². The zero-order valence-corrected chi connectivity index (χ0v) is 14.3. The third kappa shape index (κ3) is 5.72. The molecule has 0 spiro atoms. The number of ether oxygens (including phenoxy) is 3. The van der Waals surface area contributed by atoms with E-state index in [4.69, 9.17) is 14.2 Å². The first-order chi connectivity index (χ1) is 12.2. The molecule has 7 heteroatoms. The van der Waals surface area contributed by atoms with Crippen LogP contribution in [-0.2, 0) is 25.6 Å². The predicted molar refractivity (Wildman–Crippen MR) is 89.7 cm³/mol. The summed E-state index contributed by atoms with van der Waals surface area (Å²) in [6.07, 6.45) is -0.274. The average molecular weight is 351 g/mol. The van der Waals surface area contributed by atoms with Gasteiger partial charge >= 0.3 is 6.16 Å². The van der Waals surface area contributed by atoms with Crippen molar-refractivity contribution in [1.29, 1.82) is 0 Å². The fraction of sp³-hybridized carbons (Fsp3) is 0.556. The van der Waals surface area contributed by atoms with Crippen LogP contribution in [0.15, 0.2) is 30.3 Å². The summed E-state index contributed by atoms with van der Waals surface area (Å²) in [7, 11) is 0. The van der Waals surface area contributed by atoms with Crippen molar-refractivity contribution in [3.05, 3.63) is 35.9 Å². The summed E-state index contributed by atoms with van der Waals surface area (Å²) < 4.78 is 15.4. The molecule has 1 aliphatic rings. The Kier molecular flexibility index (Phi) is 7.69. The van der Waals surface area contributed by atoms with Crippen molar-refractivity contribution in [3.8, 4) is 0 Å². The Morgan fingerprint density at radius 1 is 1.24 bits per heavy atom. The second-order valence-corrected chi connectivity index (χ2v) is 5.89. The minimum Gasteiger partial charge on any atom is -0.435 e. The number of nitrogens with one attached hydrogen (secondary N) is 1. The van der Waals surface area contributed by atoms with Crippen molar-refractivity contribution in [1.82, 2.24) is 5.32 Å². The zero-order valence-electron chi connectivity index (χ0n) is 14.3. The van der Waals surface area contributed by atoms with Gasteiger partial charge < -0.3 is 24.6 Å². The van der Waals surface area contributed by atoms with Crippen molar-refractivity contribution in [2.24, 2.45) is 11.8 Å². The third-order valence-corrected chi connectivity index (χ3v) is 4.24. The van der Waals surface area contributed by atoms with Crippen molar-refractivity contribution in [2.75, 3.05) is 26.4 Å². The molecule has 1 aliphatic heterocycles. The topological polar surface area (TPSA) is 94.1 Å². The fourth-order valence-electron chi connectivity index (χ4n) is 2.93. The van der Waals surface area contributed by atoms with Gasteiger partial charge in [0.2, 0.25) is 5.91 Å². The fourth-order valence-corrected chi connectivity index (χ4v) is 2.93. The maximum Gasteiger partial charge on any atom is 0.508 e. The Hall–Kier alpha value is -2.12. The lowest BCUT2D eigenvalue weighted by atomic mass is 9.89. The maximum atomic E-state index is 12.1. The Bertz CT molecular complexity index is 550. The number of carbonyl (C=O) groups is 2. The molecule has 0 saturated carbocycles. The molecule has 1 fully saturated rings. The van der Waals surface area contributed by atoms with E-state index >= 15 is 0 Å². The van der Waals surface area contributed by atoms with E-state index in [0.717, 1.165) is 5.56 Å². The van der Waals surface area contributed by atoms with Crippen molar-refractivity contribution in [2.45, 2.75) is 26.0 Å². The molecular weight excluding hydrogens is 326 g/mol. The monoisotopic (exact) mass is 351 g/mol. The number of benzene rings is 1. The van der Waals surface area contributed by atoms with E-state index in [-0.39, 0.29) is 37.6 Å². The van der Waals surface area contributed by atoms with Crippen LogP contribution in [0, 0.1) is 11.8 Å². The van der Waals surface area contributed by atoms with E-state index < -0.39 is 12.2 Å². The summed E-state index contributed by atoms with van der Waals surface area (Å²) in [6, 6.07) is 9.34. The Morgan fingerprint density at radius 3 is 2.68 bits per heavy atom. The van der Waals surface area contributed by atoms with Gasteiger partial charge in [0.25, 0.3) is 0 Å². The van der Waals surface area contributed by atoms with Crippen molar-refractivity contribution >= 4 is 12.1 Å².